The Morgan fingerprint density at radius 3 is 2.90 bits per heavy atom. The molecule has 5 heteroatoms. The molecule has 3 atom stereocenters. The predicted molar refractivity (Wildman–Crippen MR) is 77.3 cm³/mol. The van der Waals surface area contributed by atoms with Gasteiger partial charge < -0.3 is 15.8 Å². The Hall–Kier alpha value is -0.650. The monoisotopic (exact) mass is 281 g/mol. The molecule has 5 nitrogen and oxygen atoms in total. The minimum atomic E-state index is -0.453. The first kappa shape index (κ1) is 14.3. The molecule has 1 heterocycles. The summed E-state index contributed by atoms with van der Waals surface area (Å²) in [4.78, 5) is 14.5. The van der Waals surface area contributed by atoms with Crippen LogP contribution in [0.5, 0.6) is 0 Å². The highest BCUT2D eigenvalue weighted by molar-refractivity contribution is 5.85. The number of nitrogens with one attached hydrogen (secondary N) is 1. The van der Waals surface area contributed by atoms with E-state index < -0.39 is 5.54 Å². The van der Waals surface area contributed by atoms with Crippen molar-refractivity contribution in [2.75, 3.05) is 19.7 Å². The molecular weight excluding hydrogens is 254 g/mol. The van der Waals surface area contributed by atoms with Gasteiger partial charge in [0.15, 0.2) is 0 Å². The molecule has 0 aromatic rings. The van der Waals surface area contributed by atoms with Crippen LogP contribution in [-0.4, -0.2) is 54.2 Å². The summed E-state index contributed by atoms with van der Waals surface area (Å²) < 4.78 is 5.74. The second-order valence-corrected chi connectivity index (χ2v) is 6.66. The van der Waals surface area contributed by atoms with Crippen LogP contribution in [0.2, 0.25) is 0 Å². The second-order valence-electron chi connectivity index (χ2n) is 6.66. The molecule has 0 aromatic carbocycles. The number of primary amides is 1. The average Bonchev–Trinajstić information content (AvgIpc) is 3.15. The largest absolute Gasteiger partial charge is 0.376 e. The van der Waals surface area contributed by atoms with Crippen LogP contribution in [-0.2, 0) is 9.53 Å². The maximum absolute atomic E-state index is 12.0. The topological polar surface area (TPSA) is 67.6 Å². The molecule has 0 radical (unpaired) electrons. The van der Waals surface area contributed by atoms with Gasteiger partial charge in [-0.2, -0.15) is 0 Å². The summed E-state index contributed by atoms with van der Waals surface area (Å²) in [5, 5.41) is 3.53. The number of hydrogen-bond acceptors (Lipinski definition) is 4. The smallest absolute Gasteiger partial charge is 0.237 e. The van der Waals surface area contributed by atoms with E-state index >= 15 is 0 Å². The standard InChI is InChI=1S/C15H27N3O2/c1-2-13-10-18(7-8-20-13)12-5-6-15(9-12,14(16)19)17-11-3-4-11/h11-13,17H,2-10H2,1H3,(H2,16,19). The predicted octanol–water partition coefficient (Wildman–Crippen LogP) is 0.626. The fourth-order valence-corrected chi connectivity index (χ4v) is 3.70. The highest BCUT2D eigenvalue weighted by Crippen LogP contribution is 2.36. The second kappa shape index (κ2) is 5.62. The third-order valence-electron chi connectivity index (χ3n) is 5.16. The molecule has 2 saturated carbocycles. The third-order valence-corrected chi connectivity index (χ3v) is 5.16. The van der Waals surface area contributed by atoms with Gasteiger partial charge in [0, 0.05) is 25.2 Å². The average molecular weight is 281 g/mol. The molecule has 3 unspecified atom stereocenters. The molecule has 1 aliphatic heterocycles. The molecule has 2 aliphatic carbocycles. The van der Waals surface area contributed by atoms with E-state index in [1.54, 1.807) is 0 Å². The molecule has 20 heavy (non-hydrogen) atoms. The summed E-state index contributed by atoms with van der Waals surface area (Å²) in [7, 11) is 0. The first-order valence-electron chi connectivity index (χ1n) is 8.06. The fourth-order valence-electron chi connectivity index (χ4n) is 3.70. The lowest BCUT2D eigenvalue weighted by atomic mass is 9.95. The molecule has 3 fully saturated rings. The van der Waals surface area contributed by atoms with Crippen LogP contribution < -0.4 is 11.1 Å². The number of morpholine rings is 1. The molecule has 114 valence electrons. The van der Waals surface area contributed by atoms with Gasteiger partial charge >= 0.3 is 0 Å². The summed E-state index contributed by atoms with van der Waals surface area (Å²) in [5.74, 6) is -0.160. The third kappa shape index (κ3) is 2.85. The summed E-state index contributed by atoms with van der Waals surface area (Å²) in [5.41, 5.74) is 5.26. The molecule has 1 amide bonds. The zero-order valence-electron chi connectivity index (χ0n) is 12.4. The van der Waals surface area contributed by atoms with E-state index in [1.807, 2.05) is 0 Å². The normalized spacial score (nSPS) is 39.0. The maximum atomic E-state index is 12.0. The molecular formula is C15H27N3O2. The van der Waals surface area contributed by atoms with Gasteiger partial charge in [-0.05, 0) is 38.5 Å². The van der Waals surface area contributed by atoms with Crippen LogP contribution in [0.4, 0.5) is 0 Å². The Morgan fingerprint density at radius 1 is 1.45 bits per heavy atom. The van der Waals surface area contributed by atoms with Crippen molar-refractivity contribution in [3.05, 3.63) is 0 Å². The highest BCUT2D eigenvalue weighted by atomic mass is 16.5. The van der Waals surface area contributed by atoms with Gasteiger partial charge in [0.1, 0.15) is 0 Å². The Bertz CT molecular complexity index is 372. The van der Waals surface area contributed by atoms with Gasteiger partial charge in [-0.1, -0.05) is 6.92 Å². The van der Waals surface area contributed by atoms with Gasteiger partial charge in [-0.25, -0.2) is 0 Å². The summed E-state index contributed by atoms with van der Waals surface area (Å²) in [6, 6.07) is 1.00. The lowest BCUT2D eigenvalue weighted by molar-refractivity contribution is -0.124. The van der Waals surface area contributed by atoms with Crippen molar-refractivity contribution in [1.82, 2.24) is 10.2 Å². The van der Waals surface area contributed by atoms with Gasteiger partial charge in [-0.3, -0.25) is 9.69 Å². The molecule has 3 rings (SSSR count). The number of amides is 1. The molecule has 3 aliphatic rings. The quantitative estimate of drug-likeness (QED) is 0.775. The molecule has 0 bridgehead atoms. The Balaban J connectivity index is 1.63. The minimum Gasteiger partial charge on any atom is -0.376 e. The summed E-state index contributed by atoms with van der Waals surface area (Å²) >= 11 is 0. The van der Waals surface area contributed by atoms with Crippen LogP contribution >= 0.6 is 0 Å². The van der Waals surface area contributed by atoms with Gasteiger partial charge in [0.25, 0.3) is 0 Å². The molecule has 0 spiro atoms. The summed E-state index contributed by atoms with van der Waals surface area (Å²) in [6.07, 6.45) is 6.62. The van der Waals surface area contributed by atoms with Crippen LogP contribution in [0, 0.1) is 0 Å². The van der Waals surface area contributed by atoms with E-state index in [4.69, 9.17) is 10.5 Å². The van der Waals surface area contributed by atoms with E-state index in [0.717, 1.165) is 45.4 Å². The number of rotatable bonds is 5. The van der Waals surface area contributed by atoms with Crippen LogP contribution in [0.25, 0.3) is 0 Å². The van der Waals surface area contributed by atoms with Gasteiger partial charge in [0.05, 0.1) is 18.2 Å². The molecule has 0 aromatic heterocycles. The minimum absolute atomic E-state index is 0.160. The van der Waals surface area contributed by atoms with Crippen molar-refractivity contribution in [3.8, 4) is 0 Å². The van der Waals surface area contributed by atoms with Crippen molar-refractivity contribution in [2.45, 2.75) is 69.2 Å². The lowest BCUT2D eigenvalue weighted by Gasteiger charge is -2.37. The van der Waals surface area contributed by atoms with Crippen LogP contribution in [0.1, 0.15) is 45.4 Å². The van der Waals surface area contributed by atoms with Gasteiger partial charge in [0.2, 0.25) is 5.91 Å². The van der Waals surface area contributed by atoms with Crippen LogP contribution in [0.15, 0.2) is 0 Å². The van der Waals surface area contributed by atoms with Crippen molar-refractivity contribution >= 4 is 5.91 Å². The highest BCUT2D eigenvalue weighted by Gasteiger charge is 2.48. The van der Waals surface area contributed by atoms with Crippen LogP contribution in [0.3, 0.4) is 0 Å². The first-order valence-corrected chi connectivity index (χ1v) is 8.06. The Labute approximate surface area is 121 Å². The van der Waals surface area contributed by atoms with Crippen molar-refractivity contribution in [3.63, 3.8) is 0 Å². The Morgan fingerprint density at radius 2 is 2.25 bits per heavy atom. The van der Waals surface area contributed by atoms with Gasteiger partial charge in [-0.15, -0.1) is 0 Å². The van der Waals surface area contributed by atoms with E-state index in [9.17, 15) is 4.79 Å². The molecule has 3 N–H and O–H groups in total. The zero-order chi connectivity index (χ0) is 14.2. The van der Waals surface area contributed by atoms with Crippen molar-refractivity contribution < 1.29 is 9.53 Å². The van der Waals surface area contributed by atoms with E-state index in [0.29, 0.717) is 18.2 Å². The molecule has 1 saturated heterocycles. The summed E-state index contributed by atoms with van der Waals surface area (Å²) in [6.45, 7) is 4.97. The number of ether oxygens (including phenoxy) is 1. The van der Waals surface area contributed by atoms with E-state index in [2.05, 4.69) is 17.1 Å². The number of hydrogen-bond donors (Lipinski definition) is 2. The Kier molecular flexibility index (Phi) is 4.02. The SMILES string of the molecule is CCC1CN(C2CCC(NC3CC3)(C(N)=O)C2)CCO1. The van der Waals surface area contributed by atoms with E-state index in [-0.39, 0.29) is 5.91 Å². The number of carbonyl (C=O) groups is 1. The maximum Gasteiger partial charge on any atom is 0.237 e. The first-order chi connectivity index (χ1) is 9.63. The number of nitrogens with two attached hydrogens (primary N) is 1. The van der Waals surface area contributed by atoms with Crippen molar-refractivity contribution in [1.29, 1.82) is 0 Å². The zero-order valence-corrected chi connectivity index (χ0v) is 12.4. The van der Waals surface area contributed by atoms with E-state index in [1.165, 1.54) is 12.8 Å². The lowest BCUT2D eigenvalue weighted by Crippen LogP contribution is -2.56. The number of carbonyl (C=O) groups excluding carboxylic acids is 1. The number of nitrogens with zero attached hydrogens (tertiary/aromatic N) is 1. The van der Waals surface area contributed by atoms with Crippen molar-refractivity contribution in [2.24, 2.45) is 5.73 Å². The fraction of sp³-hybridized carbons (Fsp3) is 0.933.